The van der Waals surface area contributed by atoms with Crippen LogP contribution in [0.25, 0.3) is 5.69 Å². The lowest BCUT2D eigenvalue weighted by molar-refractivity contribution is -0.0587. The predicted molar refractivity (Wildman–Crippen MR) is 120 cm³/mol. The van der Waals surface area contributed by atoms with Crippen LogP contribution in [0.1, 0.15) is 55.0 Å². The molecule has 1 saturated heterocycles. The van der Waals surface area contributed by atoms with Crippen molar-refractivity contribution in [2.24, 2.45) is 0 Å². The third-order valence-electron chi connectivity index (χ3n) is 5.97. The van der Waals surface area contributed by atoms with Gasteiger partial charge in [0.2, 0.25) is 0 Å². The summed E-state index contributed by atoms with van der Waals surface area (Å²) in [4.78, 5) is 29.2. The number of carbonyl (C=O) groups is 2. The molecule has 0 radical (unpaired) electrons. The Bertz CT molecular complexity index is 1010. The van der Waals surface area contributed by atoms with Gasteiger partial charge in [-0.05, 0) is 58.2 Å². The van der Waals surface area contributed by atoms with Gasteiger partial charge in [0, 0.05) is 32.2 Å². The van der Waals surface area contributed by atoms with E-state index in [4.69, 9.17) is 4.74 Å². The lowest BCUT2D eigenvalue weighted by Crippen LogP contribution is -2.48. The van der Waals surface area contributed by atoms with E-state index in [0.29, 0.717) is 31.9 Å². The summed E-state index contributed by atoms with van der Waals surface area (Å²) in [5, 5.41) is 11.5. The van der Waals surface area contributed by atoms with E-state index in [1.54, 1.807) is 9.58 Å². The Morgan fingerprint density at radius 2 is 1.88 bits per heavy atom. The second kappa shape index (κ2) is 8.90. The Kier molecular flexibility index (Phi) is 6.19. The molecular weight excluding hydrogens is 408 g/mol. The fourth-order valence-electron chi connectivity index (χ4n) is 4.55. The Morgan fingerprint density at radius 1 is 1.16 bits per heavy atom. The van der Waals surface area contributed by atoms with Crippen molar-refractivity contribution < 1.29 is 14.3 Å². The van der Waals surface area contributed by atoms with E-state index in [1.807, 2.05) is 57.7 Å². The minimum absolute atomic E-state index is 0.00460. The number of aromatic nitrogens is 3. The Labute approximate surface area is 188 Å². The van der Waals surface area contributed by atoms with Crippen molar-refractivity contribution in [1.82, 2.24) is 30.1 Å². The monoisotopic (exact) mass is 440 g/mol. The van der Waals surface area contributed by atoms with Crippen molar-refractivity contribution in [3.63, 3.8) is 0 Å². The van der Waals surface area contributed by atoms with Gasteiger partial charge in [-0.1, -0.05) is 17.3 Å². The number of nitrogens with one attached hydrogen (secondary N) is 1. The summed E-state index contributed by atoms with van der Waals surface area (Å²) in [5.41, 5.74) is 4.24. The topological polar surface area (TPSA) is 92.6 Å². The molecule has 0 spiro atoms. The average molecular weight is 441 g/mol. The average Bonchev–Trinajstić information content (AvgIpc) is 3.12. The highest BCUT2D eigenvalue weighted by atomic mass is 16.5. The molecule has 1 aromatic carbocycles. The molecule has 2 atom stereocenters. The lowest BCUT2D eigenvalue weighted by atomic mass is 9.97. The number of ether oxygens (including phenoxy) is 1. The van der Waals surface area contributed by atoms with E-state index in [1.165, 1.54) is 0 Å². The number of rotatable bonds is 3. The number of nitrogens with zero attached hydrogens (tertiary/aromatic N) is 5. The van der Waals surface area contributed by atoms with Crippen molar-refractivity contribution in [2.75, 3.05) is 19.6 Å². The summed E-state index contributed by atoms with van der Waals surface area (Å²) in [6, 6.07) is 6.06. The quantitative estimate of drug-likeness (QED) is 0.791. The fraction of sp³-hybridized carbons (Fsp3) is 0.565. The number of hydrogen-bond donors (Lipinski definition) is 1. The first-order valence-electron chi connectivity index (χ1n) is 11.3. The van der Waals surface area contributed by atoms with Gasteiger partial charge in [0.15, 0.2) is 5.69 Å². The summed E-state index contributed by atoms with van der Waals surface area (Å²) in [6.45, 7) is 12.0. The van der Waals surface area contributed by atoms with E-state index in [-0.39, 0.29) is 30.2 Å². The highest BCUT2D eigenvalue weighted by Crippen LogP contribution is 2.27. The van der Waals surface area contributed by atoms with Gasteiger partial charge in [-0.2, -0.15) is 0 Å². The molecule has 1 fully saturated rings. The van der Waals surface area contributed by atoms with Crippen LogP contribution in [0.15, 0.2) is 18.2 Å². The van der Waals surface area contributed by atoms with Crippen molar-refractivity contribution in [1.29, 1.82) is 0 Å². The maximum atomic E-state index is 13.2. The molecule has 9 nitrogen and oxygen atoms in total. The van der Waals surface area contributed by atoms with Gasteiger partial charge < -0.3 is 19.9 Å². The number of amides is 3. The number of carbonyl (C=O) groups excluding carboxylic acids is 2. The van der Waals surface area contributed by atoms with Crippen molar-refractivity contribution >= 4 is 11.9 Å². The van der Waals surface area contributed by atoms with Crippen LogP contribution in [0.4, 0.5) is 4.79 Å². The van der Waals surface area contributed by atoms with Crippen LogP contribution in [0, 0.1) is 6.92 Å². The van der Waals surface area contributed by atoms with Gasteiger partial charge in [-0.25, -0.2) is 9.48 Å². The van der Waals surface area contributed by atoms with Gasteiger partial charge >= 0.3 is 6.03 Å². The van der Waals surface area contributed by atoms with Crippen LogP contribution in [0.5, 0.6) is 0 Å². The number of hydrogen-bond acceptors (Lipinski definition) is 5. The molecule has 2 aliphatic rings. The molecule has 0 aliphatic carbocycles. The summed E-state index contributed by atoms with van der Waals surface area (Å²) < 4.78 is 7.50. The van der Waals surface area contributed by atoms with Gasteiger partial charge in [0.1, 0.15) is 0 Å². The van der Waals surface area contributed by atoms with Gasteiger partial charge in [0.05, 0.1) is 23.6 Å². The first-order chi connectivity index (χ1) is 15.2. The molecule has 1 aromatic heterocycles. The van der Waals surface area contributed by atoms with Gasteiger partial charge in [0.25, 0.3) is 5.91 Å². The zero-order valence-electron chi connectivity index (χ0n) is 19.5. The number of fused-ring (bicyclic) bond motifs is 1. The Balaban J connectivity index is 1.58. The van der Waals surface area contributed by atoms with E-state index in [9.17, 15) is 9.59 Å². The molecule has 32 heavy (non-hydrogen) atoms. The predicted octanol–water partition coefficient (Wildman–Crippen LogP) is 2.30. The van der Waals surface area contributed by atoms with Crippen LogP contribution in [-0.2, 0) is 17.7 Å². The SMILES string of the molecule is Cc1c(C(=O)N2C[C@@H](C)O[C@@H](C)C2)nnn1-c1cccc2c1CCN(C(=O)NC(C)C)C2. The zero-order valence-corrected chi connectivity index (χ0v) is 19.5. The molecule has 2 aromatic rings. The molecule has 172 valence electrons. The third-order valence-corrected chi connectivity index (χ3v) is 5.97. The Morgan fingerprint density at radius 3 is 2.56 bits per heavy atom. The van der Waals surface area contributed by atoms with Crippen LogP contribution in [-0.4, -0.2) is 74.6 Å². The molecular formula is C23H32N6O3. The second-order valence-corrected chi connectivity index (χ2v) is 9.09. The summed E-state index contributed by atoms with van der Waals surface area (Å²) >= 11 is 0. The summed E-state index contributed by atoms with van der Waals surface area (Å²) in [7, 11) is 0. The largest absolute Gasteiger partial charge is 0.372 e. The molecule has 4 rings (SSSR count). The second-order valence-electron chi connectivity index (χ2n) is 9.09. The number of benzene rings is 1. The lowest BCUT2D eigenvalue weighted by Gasteiger charge is -2.35. The normalized spacial score (nSPS) is 20.9. The molecule has 3 amide bonds. The van der Waals surface area contributed by atoms with Crippen LogP contribution in [0.2, 0.25) is 0 Å². The Hall–Kier alpha value is -2.94. The molecule has 9 heteroatoms. The van der Waals surface area contributed by atoms with Crippen LogP contribution in [0.3, 0.4) is 0 Å². The molecule has 3 heterocycles. The fourth-order valence-corrected chi connectivity index (χ4v) is 4.55. The molecule has 1 N–H and O–H groups in total. The van der Waals surface area contributed by atoms with E-state index in [2.05, 4.69) is 15.6 Å². The van der Waals surface area contributed by atoms with E-state index in [0.717, 1.165) is 28.9 Å². The van der Waals surface area contributed by atoms with Gasteiger partial charge in [-0.3, -0.25) is 4.79 Å². The standard InChI is InChI=1S/C23H32N6O3/c1-14(2)24-23(31)27-10-9-19-18(13-27)7-6-8-20(19)29-17(5)21(25-26-29)22(30)28-11-15(3)32-16(4)12-28/h6-8,14-16H,9-13H2,1-5H3,(H,24,31)/t15-,16+. The molecule has 0 bridgehead atoms. The highest BCUT2D eigenvalue weighted by molar-refractivity contribution is 5.93. The molecule has 0 unspecified atom stereocenters. The first-order valence-corrected chi connectivity index (χ1v) is 11.3. The van der Waals surface area contributed by atoms with E-state index >= 15 is 0 Å². The summed E-state index contributed by atoms with van der Waals surface area (Å²) in [6.07, 6.45) is 0.711. The minimum atomic E-state index is -0.114. The number of urea groups is 1. The summed E-state index contributed by atoms with van der Waals surface area (Å²) in [5.74, 6) is -0.114. The molecule has 0 saturated carbocycles. The van der Waals surface area contributed by atoms with Gasteiger partial charge in [-0.15, -0.1) is 5.10 Å². The third kappa shape index (κ3) is 4.34. The maximum absolute atomic E-state index is 13.2. The smallest absolute Gasteiger partial charge is 0.317 e. The van der Waals surface area contributed by atoms with Crippen LogP contribution < -0.4 is 5.32 Å². The highest BCUT2D eigenvalue weighted by Gasteiger charge is 2.30. The minimum Gasteiger partial charge on any atom is -0.372 e. The first kappa shape index (κ1) is 22.3. The van der Waals surface area contributed by atoms with Crippen LogP contribution >= 0.6 is 0 Å². The van der Waals surface area contributed by atoms with Crippen molar-refractivity contribution in [3.05, 3.63) is 40.7 Å². The van der Waals surface area contributed by atoms with E-state index < -0.39 is 0 Å². The van der Waals surface area contributed by atoms with Crippen molar-refractivity contribution in [2.45, 2.75) is 65.8 Å². The maximum Gasteiger partial charge on any atom is 0.317 e. The number of morpholine rings is 1. The van der Waals surface area contributed by atoms with Crippen molar-refractivity contribution in [3.8, 4) is 5.69 Å². The molecule has 2 aliphatic heterocycles. The zero-order chi connectivity index (χ0) is 23.0.